The fraction of sp³-hybridized carbons (Fsp3) is 0.429. The Hall–Kier alpha value is -2.36. The van der Waals surface area contributed by atoms with Gasteiger partial charge < -0.3 is 9.64 Å². The summed E-state index contributed by atoms with van der Waals surface area (Å²) < 4.78 is 5.58. The Balaban J connectivity index is 1.70. The molecule has 2 aliphatic carbocycles. The number of pyridine rings is 1. The Bertz CT molecular complexity index is 743. The van der Waals surface area contributed by atoms with Crippen molar-refractivity contribution in [2.75, 3.05) is 12.0 Å². The molecule has 2 saturated carbocycles. The third-order valence-electron chi connectivity index (χ3n) is 5.34. The van der Waals surface area contributed by atoms with E-state index in [-0.39, 0.29) is 0 Å². The SMILES string of the molecule is COc1ccncc1N(c1ccc(C2CC2)cc1)C1CCC(=O)CC1. The first-order valence-corrected chi connectivity index (χ1v) is 9.15. The summed E-state index contributed by atoms with van der Waals surface area (Å²) in [5.41, 5.74) is 3.55. The van der Waals surface area contributed by atoms with Crippen molar-refractivity contribution in [3.05, 3.63) is 48.3 Å². The van der Waals surface area contributed by atoms with Crippen LogP contribution < -0.4 is 9.64 Å². The van der Waals surface area contributed by atoms with Gasteiger partial charge in [-0.25, -0.2) is 0 Å². The van der Waals surface area contributed by atoms with E-state index in [4.69, 9.17) is 4.74 Å². The van der Waals surface area contributed by atoms with Gasteiger partial charge in [0.15, 0.2) is 0 Å². The van der Waals surface area contributed by atoms with E-state index in [1.807, 2.05) is 12.3 Å². The van der Waals surface area contributed by atoms with E-state index in [0.717, 1.165) is 35.9 Å². The number of rotatable bonds is 5. The number of hydrogen-bond donors (Lipinski definition) is 0. The number of carbonyl (C=O) groups excluding carboxylic acids is 1. The number of nitrogens with zero attached hydrogens (tertiary/aromatic N) is 2. The molecule has 4 nitrogen and oxygen atoms in total. The molecule has 0 radical (unpaired) electrons. The first-order valence-electron chi connectivity index (χ1n) is 9.15. The predicted octanol–water partition coefficient (Wildman–Crippen LogP) is 4.62. The summed E-state index contributed by atoms with van der Waals surface area (Å²) in [5.74, 6) is 1.94. The monoisotopic (exact) mass is 336 g/mol. The fourth-order valence-electron chi connectivity index (χ4n) is 3.78. The minimum atomic E-state index is 0.294. The zero-order chi connectivity index (χ0) is 17.2. The topological polar surface area (TPSA) is 42.4 Å². The number of ether oxygens (including phenoxy) is 1. The smallest absolute Gasteiger partial charge is 0.145 e. The van der Waals surface area contributed by atoms with Crippen molar-refractivity contribution in [1.82, 2.24) is 4.98 Å². The van der Waals surface area contributed by atoms with Crippen molar-refractivity contribution in [3.8, 4) is 5.75 Å². The number of hydrogen-bond acceptors (Lipinski definition) is 4. The molecule has 0 N–H and O–H groups in total. The molecule has 25 heavy (non-hydrogen) atoms. The van der Waals surface area contributed by atoms with E-state index < -0.39 is 0 Å². The summed E-state index contributed by atoms with van der Waals surface area (Å²) in [6.07, 6.45) is 9.30. The van der Waals surface area contributed by atoms with Crippen LogP contribution in [0.4, 0.5) is 11.4 Å². The molecule has 0 amide bonds. The molecule has 130 valence electrons. The maximum absolute atomic E-state index is 11.7. The summed E-state index contributed by atoms with van der Waals surface area (Å²) in [6, 6.07) is 11.1. The zero-order valence-corrected chi connectivity index (χ0v) is 14.6. The van der Waals surface area contributed by atoms with Gasteiger partial charge in [-0.3, -0.25) is 9.78 Å². The Morgan fingerprint density at radius 2 is 1.76 bits per heavy atom. The van der Waals surface area contributed by atoms with Gasteiger partial charge in [0.05, 0.1) is 13.3 Å². The van der Waals surface area contributed by atoms with Crippen molar-refractivity contribution in [1.29, 1.82) is 0 Å². The molecule has 0 aliphatic heterocycles. The van der Waals surface area contributed by atoms with Crippen molar-refractivity contribution >= 4 is 17.2 Å². The third-order valence-corrected chi connectivity index (χ3v) is 5.34. The highest BCUT2D eigenvalue weighted by Gasteiger charge is 2.29. The molecule has 1 aromatic carbocycles. The average molecular weight is 336 g/mol. The zero-order valence-electron chi connectivity index (χ0n) is 14.6. The molecule has 2 aliphatic rings. The van der Waals surface area contributed by atoms with Crippen molar-refractivity contribution in [2.45, 2.75) is 50.5 Å². The third kappa shape index (κ3) is 3.39. The van der Waals surface area contributed by atoms with Gasteiger partial charge in [0.25, 0.3) is 0 Å². The summed E-state index contributed by atoms with van der Waals surface area (Å²) in [7, 11) is 1.69. The second-order valence-corrected chi connectivity index (χ2v) is 7.05. The Morgan fingerprint density at radius 3 is 2.40 bits per heavy atom. The quantitative estimate of drug-likeness (QED) is 0.799. The molecule has 1 heterocycles. The van der Waals surface area contributed by atoms with Gasteiger partial charge in [0.1, 0.15) is 17.2 Å². The number of carbonyl (C=O) groups is 1. The highest BCUT2D eigenvalue weighted by Crippen LogP contribution is 2.42. The van der Waals surface area contributed by atoms with Crippen LogP contribution in [0, 0.1) is 0 Å². The Kier molecular flexibility index (Phi) is 4.43. The van der Waals surface area contributed by atoms with Crippen LogP contribution in [0.2, 0.25) is 0 Å². The molecule has 0 atom stereocenters. The standard InChI is InChI=1S/C21H24N2O2/c1-25-21-12-13-22-14-20(21)23(18-8-10-19(24)11-9-18)17-6-4-16(5-7-17)15-2-3-15/h4-7,12-15,18H,2-3,8-11H2,1H3. The first-order chi connectivity index (χ1) is 12.3. The van der Waals surface area contributed by atoms with Crippen molar-refractivity contribution < 1.29 is 9.53 Å². The van der Waals surface area contributed by atoms with E-state index in [1.165, 1.54) is 18.4 Å². The summed E-state index contributed by atoms with van der Waals surface area (Å²) in [5, 5.41) is 0. The van der Waals surface area contributed by atoms with E-state index in [0.29, 0.717) is 24.7 Å². The van der Waals surface area contributed by atoms with E-state index >= 15 is 0 Å². The van der Waals surface area contributed by atoms with Crippen LogP contribution in [0.25, 0.3) is 0 Å². The van der Waals surface area contributed by atoms with E-state index in [1.54, 1.807) is 13.3 Å². The maximum Gasteiger partial charge on any atom is 0.145 e. The van der Waals surface area contributed by atoms with Crippen LogP contribution in [0.15, 0.2) is 42.7 Å². The highest BCUT2D eigenvalue weighted by atomic mass is 16.5. The normalized spacial score (nSPS) is 18.2. The van der Waals surface area contributed by atoms with E-state index in [2.05, 4.69) is 34.1 Å². The van der Waals surface area contributed by atoms with Crippen LogP contribution in [-0.2, 0) is 4.79 Å². The molecule has 4 heteroatoms. The summed E-state index contributed by atoms with van der Waals surface area (Å²) in [4.78, 5) is 18.3. The molecule has 4 rings (SSSR count). The van der Waals surface area contributed by atoms with Gasteiger partial charge >= 0.3 is 0 Å². The first kappa shape index (κ1) is 16.1. The molecule has 1 aromatic heterocycles. The van der Waals surface area contributed by atoms with E-state index in [9.17, 15) is 4.79 Å². The number of Topliss-reactive ketones (excluding diaryl/α,β-unsaturated/α-hetero) is 1. The van der Waals surface area contributed by atoms with Crippen LogP contribution in [0.1, 0.15) is 50.0 Å². The largest absolute Gasteiger partial charge is 0.494 e. The van der Waals surface area contributed by atoms with Crippen molar-refractivity contribution in [3.63, 3.8) is 0 Å². The van der Waals surface area contributed by atoms with Crippen molar-refractivity contribution in [2.24, 2.45) is 0 Å². The minimum absolute atomic E-state index is 0.294. The fourth-order valence-corrected chi connectivity index (χ4v) is 3.78. The van der Waals surface area contributed by atoms with Gasteiger partial charge in [-0.2, -0.15) is 0 Å². The van der Waals surface area contributed by atoms with Crippen LogP contribution in [0.5, 0.6) is 5.75 Å². The van der Waals surface area contributed by atoms with Gasteiger partial charge in [0, 0.05) is 36.8 Å². The highest BCUT2D eigenvalue weighted by molar-refractivity contribution is 5.80. The van der Waals surface area contributed by atoms with Gasteiger partial charge in [-0.05, 0) is 49.3 Å². The predicted molar refractivity (Wildman–Crippen MR) is 98.6 cm³/mol. The molecule has 0 unspecified atom stereocenters. The maximum atomic E-state index is 11.7. The van der Waals surface area contributed by atoms with Gasteiger partial charge in [-0.1, -0.05) is 12.1 Å². The Labute approximate surface area is 148 Å². The second-order valence-electron chi connectivity index (χ2n) is 7.05. The average Bonchev–Trinajstić information content (AvgIpc) is 3.50. The summed E-state index contributed by atoms with van der Waals surface area (Å²) >= 11 is 0. The molecule has 2 aromatic rings. The minimum Gasteiger partial charge on any atom is -0.494 e. The second kappa shape index (κ2) is 6.87. The van der Waals surface area contributed by atoms with Crippen LogP contribution in [-0.4, -0.2) is 23.9 Å². The number of aromatic nitrogens is 1. The molecular formula is C21H24N2O2. The van der Waals surface area contributed by atoms with Gasteiger partial charge in [-0.15, -0.1) is 0 Å². The molecule has 0 bridgehead atoms. The number of benzene rings is 1. The van der Waals surface area contributed by atoms with Crippen LogP contribution >= 0.6 is 0 Å². The van der Waals surface area contributed by atoms with Crippen LogP contribution in [0.3, 0.4) is 0 Å². The lowest BCUT2D eigenvalue weighted by Gasteiger charge is -2.36. The molecular weight excluding hydrogens is 312 g/mol. The van der Waals surface area contributed by atoms with Gasteiger partial charge in [0.2, 0.25) is 0 Å². The molecule has 0 spiro atoms. The lowest BCUT2D eigenvalue weighted by molar-refractivity contribution is -0.120. The molecule has 0 saturated heterocycles. The number of anilines is 2. The number of methoxy groups -OCH3 is 1. The lowest BCUT2D eigenvalue weighted by atomic mass is 9.92. The summed E-state index contributed by atoms with van der Waals surface area (Å²) in [6.45, 7) is 0. The molecule has 2 fully saturated rings. The lowest BCUT2D eigenvalue weighted by Crippen LogP contribution is -2.35. The number of ketones is 1. The Morgan fingerprint density at radius 1 is 1.04 bits per heavy atom.